The van der Waals surface area contributed by atoms with Gasteiger partial charge in [-0.2, -0.15) is 5.10 Å². The number of aryl methyl sites for hydroxylation is 1. The van der Waals surface area contributed by atoms with Gasteiger partial charge in [0.1, 0.15) is 18.7 Å². The van der Waals surface area contributed by atoms with Crippen molar-refractivity contribution in [2.75, 3.05) is 6.54 Å². The standard InChI is InChI=1S/C10H18N6.HI/c1-4-16-9(14-7-15-16)6-13-10(11)12-5-8(2)3;/h7H,2,4-6H2,1,3H3,(H3,11,12,13);1H. The molecule has 0 aliphatic rings. The zero-order chi connectivity index (χ0) is 12.0. The van der Waals surface area contributed by atoms with Crippen molar-refractivity contribution in [1.29, 1.82) is 0 Å². The van der Waals surface area contributed by atoms with Crippen LogP contribution in [0.2, 0.25) is 0 Å². The normalized spacial score (nSPS) is 10.8. The highest BCUT2D eigenvalue weighted by molar-refractivity contribution is 14.0. The van der Waals surface area contributed by atoms with E-state index in [-0.39, 0.29) is 24.0 Å². The molecule has 3 N–H and O–H groups in total. The summed E-state index contributed by atoms with van der Waals surface area (Å²) in [6.45, 7) is 9.54. The first-order chi connectivity index (χ1) is 7.63. The SMILES string of the molecule is C=C(C)CNC(N)=NCc1ncnn1CC.I. The summed E-state index contributed by atoms with van der Waals surface area (Å²) in [7, 11) is 0. The van der Waals surface area contributed by atoms with E-state index in [2.05, 4.69) is 27.0 Å². The van der Waals surface area contributed by atoms with E-state index < -0.39 is 0 Å². The molecule has 0 fully saturated rings. The fraction of sp³-hybridized carbons (Fsp3) is 0.500. The molecule has 0 radical (unpaired) electrons. The van der Waals surface area contributed by atoms with Crippen molar-refractivity contribution in [3.63, 3.8) is 0 Å². The third-order valence-corrected chi connectivity index (χ3v) is 1.96. The third-order valence-electron chi connectivity index (χ3n) is 1.96. The Morgan fingerprint density at radius 2 is 2.35 bits per heavy atom. The number of aliphatic imine (C=N–C) groups is 1. The van der Waals surface area contributed by atoms with Crippen molar-refractivity contribution >= 4 is 29.9 Å². The highest BCUT2D eigenvalue weighted by Gasteiger charge is 2.01. The van der Waals surface area contributed by atoms with E-state index in [0.717, 1.165) is 17.9 Å². The van der Waals surface area contributed by atoms with E-state index in [0.29, 0.717) is 19.0 Å². The lowest BCUT2D eigenvalue weighted by Gasteiger charge is -2.04. The van der Waals surface area contributed by atoms with Crippen LogP contribution in [0, 0.1) is 0 Å². The van der Waals surface area contributed by atoms with Gasteiger partial charge in [-0.15, -0.1) is 24.0 Å². The van der Waals surface area contributed by atoms with Crippen molar-refractivity contribution in [2.45, 2.75) is 26.9 Å². The third kappa shape index (κ3) is 5.66. The Hall–Kier alpha value is -1.12. The monoisotopic (exact) mass is 350 g/mol. The van der Waals surface area contributed by atoms with Crippen molar-refractivity contribution in [3.05, 3.63) is 24.3 Å². The number of hydrogen-bond donors (Lipinski definition) is 2. The van der Waals surface area contributed by atoms with E-state index in [9.17, 15) is 0 Å². The maximum atomic E-state index is 5.67. The molecule has 1 aromatic heterocycles. The number of nitrogens with zero attached hydrogens (tertiary/aromatic N) is 4. The number of nitrogens with two attached hydrogens (primary N) is 1. The minimum atomic E-state index is 0. The molecular weight excluding hydrogens is 331 g/mol. The van der Waals surface area contributed by atoms with Gasteiger partial charge >= 0.3 is 0 Å². The van der Waals surface area contributed by atoms with Crippen LogP contribution in [0.4, 0.5) is 0 Å². The summed E-state index contributed by atoms with van der Waals surface area (Å²) in [6, 6.07) is 0. The molecule has 1 heterocycles. The minimum absolute atomic E-state index is 0. The zero-order valence-electron chi connectivity index (χ0n) is 10.2. The molecule has 17 heavy (non-hydrogen) atoms. The second-order valence-corrected chi connectivity index (χ2v) is 3.50. The summed E-state index contributed by atoms with van der Waals surface area (Å²) < 4.78 is 1.79. The van der Waals surface area contributed by atoms with Crippen molar-refractivity contribution in [2.24, 2.45) is 10.7 Å². The molecule has 0 saturated heterocycles. The number of aromatic nitrogens is 3. The van der Waals surface area contributed by atoms with Crippen LogP contribution in [0.25, 0.3) is 0 Å². The maximum absolute atomic E-state index is 5.67. The molecule has 0 aliphatic heterocycles. The minimum Gasteiger partial charge on any atom is -0.370 e. The van der Waals surface area contributed by atoms with Crippen LogP contribution in [-0.2, 0) is 13.1 Å². The highest BCUT2D eigenvalue weighted by Crippen LogP contribution is 1.95. The second kappa shape index (κ2) is 8.04. The Morgan fingerprint density at radius 3 is 2.94 bits per heavy atom. The lowest BCUT2D eigenvalue weighted by Crippen LogP contribution is -2.32. The molecule has 1 rings (SSSR count). The molecule has 0 amide bonds. The molecule has 0 aromatic carbocycles. The highest BCUT2D eigenvalue weighted by atomic mass is 127. The summed E-state index contributed by atoms with van der Waals surface area (Å²) in [5.41, 5.74) is 6.68. The van der Waals surface area contributed by atoms with Gasteiger partial charge in [0.2, 0.25) is 0 Å². The van der Waals surface area contributed by atoms with Crippen LogP contribution in [0.1, 0.15) is 19.7 Å². The number of nitrogens with one attached hydrogen (secondary N) is 1. The second-order valence-electron chi connectivity index (χ2n) is 3.50. The molecular formula is C10H19IN6. The molecule has 0 bridgehead atoms. The van der Waals surface area contributed by atoms with Gasteiger partial charge in [-0.3, -0.25) is 0 Å². The molecule has 1 aromatic rings. The van der Waals surface area contributed by atoms with Gasteiger partial charge in [0, 0.05) is 13.1 Å². The Balaban J connectivity index is 0.00000256. The number of hydrogen-bond acceptors (Lipinski definition) is 3. The van der Waals surface area contributed by atoms with Gasteiger partial charge in [0.05, 0.1) is 0 Å². The van der Waals surface area contributed by atoms with Gasteiger partial charge in [-0.05, 0) is 13.8 Å². The summed E-state index contributed by atoms with van der Waals surface area (Å²) in [5, 5.41) is 7.00. The summed E-state index contributed by atoms with van der Waals surface area (Å²) in [6.07, 6.45) is 1.52. The van der Waals surface area contributed by atoms with E-state index in [1.165, 1.54) is 6.33 Å². The first kappa shape index (κ1) is 15.9. The van der Waals surface area contributed by atoms with E-state index in [4.69, 9.17) is 5.73 Å². The predicted molar refractivity (Wildman–Crippen MR) is 79.3 cm³/mol. The Morgan fingerprint density at radius 1 is 1.65 bits per heavy atom. The maximum Gasteiger partial charge on any atom is 0.189 e. The first-order valence-corrected chi connectivity index (χ1v) is 5.18. The first-order valence-electron chi connectivity index (χ1n) is 5.18. The van der Waals surface area contributed by atoms with E-state index in [1.807, 2.05) is 13.8 Å². The molecule has 0 saturated carbocycles. The largest absolute Gasteiger partial charge is 0.370 e. The number of guanidine groups is 1. The van der Waals surface area contributed by atoms with E-state index >= 15 is 0 Å². The van der Waals surface area contributed by atoms with Crippen molar-refractivity contribution in [1.82, 2.24) is 20.1 Å². The average Bonchev–Trinajstić information content (AvgIpc) is 2.70. The molecule has 0 atom stereocenters. The smallest absolute Gasteiger partial charge is 0.189 e. The molecule has 7 heteroatoms. The Labute approximate surface area is 118 Å². The van der Waals surface area contributed by atoms with Crippen molar-refractivity contribution in [3.8, 4) is 0 Å². The zero-order valence-corrected chi connectivity index (χ0v) is 12.5. The predicted octanol–water partition coefficient (Wildman–Crippen LogP) is 0.896. The summed E-state index contributed by atoms with van der Waals surface area (Å²) in [4.78, 5) is 8.26. The van der Waals surface area contributed by atoms with Crippen LogP contribution in [0.3, 0.4) is 0 Å². The quantitative estimate of drug-likeness (QED) is 0.358. The molecule has 0 unspecified atom stereocenters. The van der Waals surface area contributed by atoms with Gasteiger partial charge in [0.15, 0.2) is 5.96 Å². The van der Waals surface area contributed by atoms with E-state index in [1.54, 1.807) is 4.68 Å². The molecule has 0 aliphatic carbocycles. The van der Waals surface area contributed by atoms with Crippen LogP contribution in [0.5, 0.6) is 0 Å². The fourth-order valence-electron chi connectivity index (χ4n) is 1.13. The Kier molecular flexibility index (Phi) is 7.51. The van der Waals surface area contributed by atoms with Crippen LogP contribution < -0.4 is 11.1 Å². The van der Waals surface area contributed by atoms with Crippen LogP contribution >= 0.6 is 24.0 Å². The number of halogens is 1. The lowest BCUT2D eigenvalue weighted by atomic mass is 10.3. The average molecular weight is 350 g/mol. The fourth-order valence-corrected chi connectivity index (χ4v) is 1.13. The van der Waals surface area contributed by atoms with Gasteiger partial charge in [-0.25, -0.2) is 14.7 Å². The van der Waals surface area contributed by atoms with Crippen molar-refractivity contribution < 1.29 is 0 Å². The van der Waals surface area contributed by atoms with Gasteiger partial charge < -0.3 is 11.1 Å². The molecule has 96 valence electrons. The molecule has 6 nitrogen and oxygen atoms in total. The Bertz CT molecular complexity index is 384. The topological polar surface area (TPSA) is 81.1 Å². The van der Waals surface area contributed by atoms with Crippen LogP contribution in [-0.4, -0.2) is 27.3 Å². The summed E-state index contributed by atoms with van der Waals surface area (Å²) >= 11 is 0. The van der Waals surface area contributed by atoms with Gasteiger partial charge in [0.25, 0.3) is 0 Å². The number of rotatable bonds is 5. The molecule has 0 spiro atoms. The summed E-state index contributed by atoms with van der Waals surface area (Å²) in [5.74, 6) is 1.20. The lowest BCUT2D eigenvalue weighted by molar-refractivity contribution is 0.616. The van der Waals surface area contributed by atoms with Gasteiger partial charge in [-0.1, -0.05) is 12.2 Å². The van der Waals surface area contributed by atoms with Crippen LogP contribution in [0.15, 0.2) is 23.5 Å².